The van der Waals surface area contributed by atoms with Gasteiger partial charge in [-0.15, -0.1) is 0 Å². The fourth-order valence-corrected chi connectivity index (χ4v) is 4.37. The minimum absolute atomic E-state index is 0.0229. The van der Waals surface area contributed by atoms with E-state index in [1.165, 1.54) is 12.1 Å². The van der Waals surface area contributed by atoms with Gasteiger partial charge in [0.1, 0.15) is 24.2 Å². The Morgan fingerprint density at radius 1 is 1.31 bits per heavy atom. The van der Waals surface area contributed by atoms with Crippen molar-refractivity contribution < 1.29 is 13.9 Å². The van der Waals surface area contributed by atoms with Crippen LogP contribution in [0, 0.1) is 21.9 Å². The summed E-state index contributed by atoms with van der Waals surface area (Å²) in [4.78, 5) is 12.5. The molecule has 1 atom stereocenters. The highest BCUT2D eigenvalue weighted by Gasteiger charge is 2.30. The molecule has 29 heavy (non-hydrogen) atoms. The van der Waals surface area contributed by atoms with Gasteiger partial charge in [0.15, 0.2) is 0 Å². The van der Waals surface area contributed by atoms with Crippen molar-refractivity contribution in [1.82, 2.24) is 4.72 Å². The number of ether oxygens (including phenoxy) is 1. The minimum atomic E-state index is -0.973. The number of hydrogen-bond donors (Lipinski definition) is 2. The van der Waals surface area contributed by atoms with Crippen molar-refractivity contribution in [3.63, 3.8) is 0 Å². The molecule has 0 spiro atoms. The van der Waals surface area contributed by atoms with Gasteiger partial charge in [-0.05, 0) is 83.9 Å². The first-order chi connectivity index (χ1) is 14.0. The summed E-state index contributed by atoms with van der Waals surface area (Å²) >= 11 is 5.91. The molecule has 2 fully saturated rings. The first kappa shape index (κ1) is 19.9. The van der Waals surface area contributed by atoms with E-state index in [2.05, 4.69) is 4.72 Å². The Morgan fingerprint density at radius 2 is 2.07 bits per heavy atom. The highest BCUT2D eigenvalue weighted by Crippen LogP contribution is 2.42. The third-order valence-corrected chi connectivity index (χ3v) is 6.77. The van der Waals surface area contributed by atoms with Gasteiger partial charge in [-0.25, -0.2) is 4.39 Å². The van der Waals surface area contributed by atoms with E-state index in [0.717, 1.165) is 31.2 Å². The first-order valence-electron chi connectivity index (χ1n) is 9.36. The Morgan fingerprint density at radius 3 is 2.72 bits per heavy atom. The molecule has 1 unspecified atom stereocenters. The zero-order valence-electron chi connectivity index (χ0n) is 15.5. The second-order valence-corrected chi connectivity index (χ2v) is 9.30. The van der Waals surface area contributed by atoms with E-state index in [-0.39, 0.29) is 23.3 Å². The maximum Gasteiger partial charge on any atom is 0.264 e. The standard InChI is InChI=1S/C21H19ClFN3O2S/c22-15-3-6-20(13(7-15)10-24)28-11-14-8-19(23)18(9-17(14)12-1-2-12)21(27)26-29(25)16-4-5-16/h3,6-9,12,16H,1-2,4-5,11H2,(H2,25,26,27). The number of nitrogens with one attached hydrogen (secondary N) is 2. The molecule has 0 saturated heterocycles. The summed E-state index contributed by atoms with van der Waals surface area (Å²) in [5.41, 5.74) is 1.84. The normalized spacial score (nSPS) is 16.7. The molecule has 1 amide bonds. The summed E-state index contributed by atoms with van der Waals surface area (Å²) in [5.74, 6) is -0.510. The quantitative estimate of drug-likeness (QED) is 0.647. The second kappa shape index (κ2) is 8.13. The van der Waals surface area contributed by atoms with Crippen LogP contribution < -0.4 is 9.46 Å². The van der Waals surface area contributed by atoms with Gasteiger partial charge in [0, 0.05) is 10.3 Å². The number of halogens is 2. The average Bonchev–Trinajstić information content (AvgIpc) is 3.58. The summed E-state index contributed by atoms with van der Waals surface area (Å²) in [6, 6.07) is 9.73. The Kier molecular flexibility index (Phi) is 5.57. The molecule has 2 aromatic carbocycles. The first-order valence-corrected chi connectivity index (χ1v) is 11.0. The van der Waals surface area contributed by atoms with E-state index in [4.69, 9.17) is 21.1 Å². The van der Waals surface area contributed by atoms with Gasteiger partial charge in [0.05, 0.1) is 11.1 Å². The zero-order valence-corrected chi connectivity index (χ0v) is 17.1. The Labute approximate surface area is 175 Å². The van der Waals surface area contributed by atoms with E-state index in [0.29, 0.717) is 21.9 Å². The molecule has 150 valence electrons. The van der Waals surface area contributed by atoms with E-state index < -0.39 is 22.6 Å². The van der Waals surface area contributed by atoms with Gasteiger partial charge in [-0.2, -0.15) is 5.26 Å². The van der Waals surface area contributed by atoms with Crippen molar-refractivity contribution in [1.29, 1.82) is 10.0 Å². The largest absolute Gasteiger partial charge is 0.488 e. The highest BCUT2D eigenvalue weighted by molar-refractivity contribution is 7.85. The van der Waals surface area contributed by atoms with Crippen LogP contribution in [0.3, 0.4) is 0 Å². The van der Waals surface area contributed by atoms with E-state index in [9.17, 15) is 14.4 Å². The van der Waals surface area contributed by atoms with Crippen LogP contribution >= 0.6 is 11.6 Å². The molecular weight excluding hydrogens is 413 g/mol. The predicted molar refractivity (Wildman–Crippen MR) is 109 cm³/mol. The van der Waals surface area contributed by atoms with Crippen LogP contribution in [0.25, 0.3) is 0 Å². The van der Waals surface area contributed by atoms with Gasteiger partial charge < -0.3 is 4.74 Å². The van der Waals surface area contributed by atoms with Crippen molar-refractivity contribution >= 4 is 28.4 Å². The molecule has 5 nitrogen and oxygen atoms in total. The van der Waals surface area contributed by atoms with Crippen LogP contribution in [-0.2, 0) is 17.5 Å². The van der Waals surface area contributed by atoms with Crippen LogP contribution in [0.5, 0.6) is 5.75 Å². The number of nitriles is 1. The van der Waals surface area contributed by atoms with Crippen LogP contribution in [0.15, 0.2) is 30.3 Å². The zero-order chi connectivity index (χ0) is 20.5. The number of carbonyl (C=O) groups excluding carboxylic acids is 1. The summed E-state index contributed by atoms with van der Waals surface area (Å²) in [5, 5.41) is 9.88. The third-order valence-electron chi connectivity index (χ3n) is 5.00. The Balaban J connectivity index is 1.56. The molecule has 2 aromatic rings. The van der Waals surface area contributed by atoms with Crippen molar-refractivity contribution in [3.05, 3.63) is 63.4 Å². The lowest BCUT2D eigenvalue weighted by atomic mass is 9.99. The van der Waals surface area contributed by atoms with Crippen LogP contribution in [0.1, 0.15) is 58.6 Å². The minimum Gasteiger partial charge on any atom is -0.488 e. The fraction of sp³-hybridized carbons (Fsp3) is 0.333. The smallest absolute Gasteiger partial charge is 0.264 e. The number of rotatable bonds is 7. The maximum absolute atomic E-state index is 14.7. The molecule has 8 heteroatoms. The van der Waals surface area contributed by atoms with Crippen LogP contribution in [0.2, 0.25) is 5.02 Å². The van der Waals surface area contributed by atoms with Crippen molar-refractivity contribution in [3.8, 4) is 11.8 Å². The van der Waals surface area contributed by atoms with Gasteiger partial charge in [0.25, 0.3) is 5.91 Å². The molecule has 2 aliphatic carbocycles. The monoisotopic (exact) mass is 431 g/mol. The highest BCUT2D eigenvalue weighted by atomic mass is 35.5. The second-order valence-electron chi connectivity index (χ2n) is 7.31. The lowest BCUT2D eigenvalue weighted by Crippen LogP contribution is -2.28. The molecular formula is C21H19ClFN3O2S. The van der Waals surface area contributed by atoms with Gasteiger partial charge in [0.2, 0.25) is 0 Å². The van der Waals surface area contributed by atoms with E-state index >= 15 is 0 Å². The summed E-state index contributed by atoms with van der Waals surface area (Å²) in [7, 11) is -0.973. The van der Waals surface area contributed by atoms with Gasteiger partial charge in [-0.3, -0.25) is 14.3 Å². The molecule has 0 radical (unpaired) electrons. The van der Waals surface area contributed by atoms with Crippen molar-refractivity contribution in [2.24, 2.45) is 0 Å². The van der Waals surface area contributed by atoms with Crippen molar-refractivity contribution in [2.75, 3.05) is 0 Å². The van der Waals surface area contributed by atoms with Crippen LogP contribution in [0.4, 0.5) is 4.39 Å². The topological polar surface area (TPSA) is 86.0 Å². The van der Waals surface area contributed by atoms with Crippen molar-refractivity contribution in [2.45, 2.75) is 43.5 Å². The average molecular weight is 432 g/mol. The lowest BCUT2D eigenvalue weighted by Gasteiger charge is -2.15. The number of benzene rings is 2. The maximum atomic E-state index is 14.7. The van der Waals surface area contributed by atoms with E-state index in [1.54, 1.807) is 18.2 Å². The van der Waals surface area contributed by atoms with Gasteiger partial charge >= 0.3 is 0 Å². The van der Waals surface area contributed by atoms with Crippen LogP contribution in [-0.4, -0.2) is 11.2 Å². The molecule has 4 rings (SSSR count). The number of nitrogens with zero attached hydrogens (tertiary/aromatic N) is 1. The molecule has 2 N–H and O–H groups in total. The number of hydrogen-bond acceptors (Lipinski definition) is 4. The summed E-state index contributed by atoms with van der Waals surface area (Å²) < 4.78 is 31.1. The molecule has 2 saturated carbocycles. The SMILES string of the molecule is N#Cc1cc(Cl)ccc1OCc1cc(F)c(C(=O)NS(=N)C2CC2)cc1C1CC1. The molecule has 2 aliphatic rings. The third kappa shape index (κ3) is 4.60. The lowest BCUT2D eigenvalue weighted by molar-refractivity contribution is 0.0979. The Hall–Kier alpha value is -2.43. The number of amides is 1. The van der Waals surface area contributed by atoms with E-state index in [1.807, 2.05) is 6.07 Å². The molecule has 0 bridgehead atoms. The Bertz CT molecular complexity index is 1040. The summed E-state index contributed by atoms with van der Waals surface area (Å²) in [6.45, 7) is 0.0891. The number of carbonyl (C=O) groups is 1. The molecule has 0 heterocycles. The predicted octanol–water partition coefficient (Wildman–Crippen LogP) is 5.00. The molecule has 0 aromatic heterocycles. The van der Waals surface area contributed by atoms with Gasteiger partial charge in [-0.1, -0.05) is 11.6 Å². The fourth-order valence-electron chi connectivity index (χ4n) is 3.12. The summed E-state index contributed by atoms with van der Waals surface area (Å²) in [6.07, 6.45) is 3.84. The molecule has 0 aliphatic heterocycles.